The van der Waals surface area contributed by atoms with Gasteiger partial charge in [-0.1, -0.05) is 80.9 Å². The molecule has 7 atom stereocenters. The molecule has 0 radical (unpaired) electrons. The highest BCUT2D eigenvalue weighted by atomic mass is 28.4. The maximum atomic E-state index is 13.8. The van der Waals surface area contributed by atoms with Crippen molar-refractivity contribution in [2.45, 2.75) is 143 Å². The number of hydrogen-bond donors (Lipinski definition) is 0. The molecule has 0 saturated heterocycles. The zero-order chi connectivity index (χ0) is 31.1. The number of rotatable bonds is 11. The molecule has 0 aromatic rings. The van der Waals surface area contributed by atoms with Crippen LogP contribution >= 0.6 is 0 Å². The van der Waals surface area contributed by atoms with Crippen molar-refractivity contribution in [1.29, 1.82) is 0 Å². The van der Waals surface area contributed by atoms with Crippen LogP contribution in [0.15, 0.2) is 11.6 Å². The lowest BCUT2D eigenvalue weighted by molar-refractivity contribution is -0.152. The van der Waals surface area contributed by atoms with Gasteiger partial charge in [-0.05, 0) is 61.3 Å². The number of hydrogen-bond acceptors (Lipinski definition) is 5. The Morgan fingerprint density at radius 2 is 1.35 bits per heavy atom. The topological polar surface area (TPSA) is 54.0 Å². The van der Waals surface area contributed by atoms with Gasteiger partial charge in [0.2, 0.25) is 0 Å². The molecule has 0 heterocycles. The second-order valence-corrected chi connectivity index (χ2v) is 30.1. The van der Waals surface area contributed by atoms with E-state index in [1.165, 1.54) is 12.7 Å². The van der Waals surface area contributed by atoms with Gasteiger partial charge in [-0.3, -0.25) is 4.79 Å². The minimum absolute atomic E-state index is 0.00978. The highest BCUT2D eigenvalue weighted by Crippen LogP contribution is 2.55. The first-order chi connectivity index (χ1) is 18.1. The van der Waals surface area contributed by atoms with E-state index >= 15 is 0 Å². The van der Waals surface area contributed by atoms with Crippen molar-refractivity contribution in [2.24, 2.45) is 29.6 Å². The smallest absolute Gasteiger partial charge is 0.309 e. The predicted octanol–water partition coefficient (Wildman–Crippen LogP) is 9.04. The Labute approximate surface area is 250 Å². The van der Waals surface area contributed by atoms with Gasteiger partial charge in [-0.25, -0.2) is 0 Å². The number of carbonyl (C=O) groups excluding carboxylic acids is 1. The number of fused-ring (bicyclic) bond motifs is 1. The summed E-state index contributed by atoms with van der Waals surface area (Å²) in [5.74, 6) is -0.128. The van der Waals surface area contributed by atoms with E-state index in [1.807, 2.05) is 0 Å². The largest absolute Gasteiger partial charge is 0.469 e. The molecule has 0 N–H and O–H groups in total. The average molecular weight is 613 g/mol. The van der Waals surface area contributed by atoms with Gasteiger partial charge in [0.1, 0.15) is 0 Å². The lowest BCUT2D eigenvalue weighted by Crippen LogP contribution is -2.51. The predicted molar refractivity (Wildman–Crippen MR) is 176 cm³/mol. The zero-order valence-electron chi connectivity index (χ0n) is 29.0. The summed E-state index contributed by atoms with van der Waals surface area (Å²) in [6.45, 7) is 34.9. The van der Waals surface area contributed by atoms with Crippen LogP contribution in [-0.2, 0) is 22.8 Å². The van der Waals surface area contributed by atoms with Crippen molar-refractivity contribution in [1.82, 2.24) is 0 Å². The summed E-state index contributed by atoms with van der Waals surface area (Å²) in [6.07, 6.45) is 2.44. The van der Waals surface area contributed by atoms with Crippen LogP contribution in [0.4, 0.5) is 0 Å². The van der Waals surface area contributed by atoms with E-state index in [2.05, 4.69) is 108 Å². The quantitative estimate of drug-likeness (QED) is 0.132. The van der Waals surface area contributed by atoms with Crippen LogP contribution < -0.4 is 0 Å². The molecule has 1 fully saturated rings. The SMILES string of the molecule is CC[Si](CC)(CC)O[C@@H]1[C@H](C)[C@@H](O[Si](C)(C)C(C)(C)C)[C@H]2[C@H]1C=C(C)[C@H](CO[Si](C)(C)C(C)(C)C)[C@@H]2C(=O)OC. The summed E-state index contributed by atoms with van der Waals surface area (Å²) >= 11 is 0. The second kappa shape index (κ2) is 12.8. The normalized spacial score (nSPS) is 30.2. The molecule has 8 heteroatoms. The molecule has 2 aliphatic carbocycles. The van der Waals surface area contributed by atoms with E-state index in [1.54, 1.807) is 0 Å². The van der Waals surface area contributed by atoms with Gasteiger partial charge < -0.3 is 18.0 Å². The number of carbonyl (C=O) groups is 1. The Hall–Kier alpha value is -0.259. The van der Waals surface area contributed by atoms with Crippen molar-refractivity contribution in [3.8, 4) is 0 Å². The van der Waals surface area contributed by atoms with Gasteiger partial charge in [0.25, 0.3) is 0 Å². The highest BCUT2D eigenvalue weighted by Gasteiger charge is 2.60. The Morgan fingerprint density at radius 3 is 1.77 bits per heavy atom. The maximum Gasteiger partial charge on any atom is 0.309 e. The molecule has 0 aromatic carbocycles. The molecule has 2 rings (SSSR count). The first kappa shape index (κ1) is 35.9. The minimum Gasteiger partial charge on any atom is -0.469 e. The summed E-state index contributed by atoms with van der Waals surface area (Å²) in [5, 5.41) is 0.174. The van der Waals surface area contributed by atoms with Crippen molar-refractivity contribution in [3.63, 3.8) is 0 Å². The average Bonchev–Trinajstić information content (AvgIpc) is 3.08. The minimum atomic E-state index is -2.13. The van der Waals surface area contributed by atoms with Gasteiger partial charge in [0.15, 0.2) is 25.0 Å². The zero-order valence-corrected chi connectivity index (χ0v) is 32.0. The van der Waals surface area contributed by atoms with Gasteiger partial charge in [-0.2, -0.15) is 0 Å². The third-order valence-corrected chi connectivity index (χ3v) is 25.2. The van der Waals surface area contributed by atoms with E-state index < -0.39 is 25.0 Å². The molecule has 1 saturated carbocycles. The number of methoxy groups -OCH3 is 1. The van der Waals surface area contributed by atoms with Crippen molar-refractivity contribution >= 4 is 30.9 Å². The first-order valence-electron chi connectivity index (χ1n) is 15.9. The molecule has 234 valence electrons. The summed E-state index contributed by atoms with van der Waals surface area (Å²) in [4.78, 5) is 13.8. The molecular formula is C32H64O5Si3. The van der Waals surface area contributed by atoms with Gasteiger partial charge >= 0.3 is 5.97 Å². The molecule has 0 spiro atoms. The highest BCUT2D eigenvalue weighted by molar-refractivity contribution is 6.74. The molecule has 0 unspecified atom stereocenters. The lowest BCUT2D eigenvalue weighted by atomic mass is 9.68. The van der Waals surface area contributed by atoms with E-state index in [4.69, 9.17) is 18.0 Å². The fraction of sp³-hybridized carbons (Fsp3) is 0.906. The molecule has 0 aromatic heterocycles. The van der Waals surface area contributed by atoms with Gasteiger partial charge in [-0.15, -0.1) is 0 Å². The third kappa shape index (κ3) is 7.09. The first-order valence-corrected chi connectivity index (χ1v) is 24.2. The molecule has 5 nitrogen and oxygen atoms in total. The summed E-state index contributed by atoms with van der Waals surface area (Å²) in [7, 11) is -4.49. The van der Waals surface area contributed by atoms with Gasteiger partial charge in [0, 0.05) is 30.3 Å². The molecule has 0 bridgehead atoms. The van der Waals surface area contributed by atoms with E-state index in [0.29, 0.717) is 6.61 Å². The van der Waals surface area contributed by atoms with Crippen LogP contribution in [0.25, 0.3) is 0 Å². The molecule has 0 aliphatic heterocycles. The standard InChI is InChI=1S/C32H64O5Si3/c1-17-40(18-2,19-3)37-28-23(5)29(36-39(15,16)32(9,10)11)26-24(28)20-22(4)25(27(26)30(33)34-12)21-35-38(13,14)31(6,7)8/h20,23-29H,17-19,21H2,1-16H3/t23-,24+,25-,26-,27-,28+,29+/m0/s1. The van der Waals surface area contributed by atoms with Gasteiger partial charge in [0.05, 0.1) is 25.2 Å². The van der Waals surface area contributed by atoms with Crippen LogP contribution in [0.2, 0.25) is 54.4 Å². The third-order valence-electron chi connectivity index (χ3n) is 11.6. The van der Waals surface area contributed by atoms with Crippen molar-refractivity contribution in [3.05, 3.63) is 11.6 Å². The Morgan fingerprint density at radius 1 is 0.850 bits per heavy atom. The summed E-state index contributed by atoms with van der Waals surface area (Å²) in [6, 6.07) is 3.33. The molecule has 2 aliphatic rings. The van der Waals surface area contributed by atoms with E-state index in [-0.39, 0.29) is 57.8 Å². The summed E-state index contributed by atoms with van der Waals surface area (Å²) < 4.78 is 27.0. The molecule has 40 heavy (non-hydrogen) atoms. The van der Waals surface area contributed by atoms with E-state index in [0.717, 1.165) is 18.1 Å². The Bertz CT molecular complexity index is 889. The molecule has 0 amide bonds. The van der Waals surface area contributed by atoms with Crippen LogP contribution in [0.5, 0.6) is 0 Å². The Balaban J connectivity index is 2.67. The van der Waals surface area contributed by atoms with E-state index in [9.17, 15) is 4.79 Å². The fourth-order valence-corrected chi connectivity index (χ4v) is 11.7. The number of ether oxygens (including phenoxy) is 1. The lowest BCUT2D eigenvalue weighted by Gasteiger charge is -2.45. The van der Waals surface area contributed by atoms with Crippen molar-refractivity contribution < 1.29 is 22.8 Å². The van der Waals surface area contributed by atoms with Crippen LogP contribution in [0.1, 0.15) is 76.2 Å². The Kier molecular flexibility index (Phi) is 11.5. The van der Waals surface area contributed by atoms with Crippen LogP contribution in [0, 0.1) is 29.6 Å². The van der Waals surface area contributed by atoms with Crippen LogP contribution in [0.3, 0.4) is 0 Å². The second-order valence-electron chi connectivity index (χ2n) is 15.8. The summed E-state index contributed by atoms with van der Waals surface area (Å²) in [5.41, 5.74) is 1.24. The van der Waals surface area contributed by atoms with Crippen LogP contribution in [-0.4, -0.2) is 56.8 Å². The monoisotopic (exact) mass is 612 g/mol. The molecular weight excluding hydrogens is 549 g/mol. The maximum absolute atomic E-state index is 13.8. The number of esters is 1. The van der Waals surface area contributed by atoms with Crippen molar-refractivity contribution in [2.75, 3.05) is 13.7 Å². The fourth-order valence-electron chi connectivity index (χ4n) is 6.34.